The first-order valence-corrected chi connectivity index (χ1v) is 6.03. The maximum Gasteiger partial charge on any atom is 0.419 e. The Morgan fingerprint density at radius 1 is 1.11 bits per heavy atom. The van der Waals surface area contributed by atoms with Gasteiger partial charge in [-0.1, -0.05) is 0 Å². The Kier molecular flexibility index (Phi) is 3.80. The summed E-state index contributed by atoms with van der Waals surface area (Å²) in [6, 6.07) is 1.11. The Hall–Kier alpha value is -1.17. The van der Waals surface area contributed by atoms with Crippen LogP contribution in [0.3, 0.4) is 0 Å². The minimum atomic E-state index is -4.80. The Morgan fingerprint density at radius 2 is 1.68 bits per heavy atom. The van der Waals surface area contributed by atoms with E-state index in [9.17, 15) is 22.0 Å². The topological polar surface area (TPSA) is 3.24 Å². The number of halogens is 5. The van der Waals surface area contributed by atoms with Crippen molar-refractivity contribution in [1.82, 2.24) is 4.90 Å². The summed E-state index contributed by atoms with van der Waals surface area (Å²) in [5.74, 6) is -2.93. The predicted molar refractivity (Wildman–Crippen MR) is 60.8 cm³/mol. The number of alkyl halides is 3. The van der Waals surface area contributed by atoms with E-state index in [1.165, 1.54) is 0 Å². The lowest BCUT2D eigenvalue weighted by Crippen LogP contribution is -2.30. The van der Waals surface area contributed by atoms with Gasteiger partial charge in [0.15, 0.2) is 0 Å². The van der Waals surface area contributed by atoms with Gasteiger partial charge >= 0.3 is 6.18 Å². The monoisotopic (exact) mass is 279 g/mol. The average molecular weight is 279 g/mol. The molecule has 1 nitrogen and oxygen atoms in total. The summed E-state index contributed by atoms with van der Waals surface area (Å²) >= 11 is 0. The third kappa shape index (κ3) is 3.05. The molecule has 1 aromatic carbocycles. The molecule has 1 aliphatic heterocycles. The smallest absolute Gasteiger partial charge is 0.306 e. The van der Waals surface area contributed by atoms with Gasteiger partial charge in [0.2, 0.25) is 0 Å². The summed E-state index contributed by atoms with van der Waals surface area (Å²) in [7, 11) is 1.87. The number of piperidine rings is 1. The normalized spacial score (nSPS) is 18.8. The molecule has 1 saturated heterocycles. The quantitative estimate of drug-likeness (QED) is 0.707. The van der Waals surface area contributed by atoms with Gasteiger partial charge in [-0.15, -0.1) is 0 Å². The van der Waals surface area contributed by atoms with E-state index >= 15 is 0 Å². The number of rotatable bonds is 1. The zero-order chi connectivity index (χ0) is 14.2. The maximum absolute atomic E-state index is 13.5. The lowest BCUT2D eigenvalue weighted by Gasteiger charge is -2.30. The van der Waals surface area contributed by atoms with Crippen LogP contribution in [0.15, 0.2) is 12.1 Å². The van der Waals surface area contributed by atoms with Crippen LogP contribution in [-0.4, -0.2) is 25.0 Å². The Morgan fingerprint density at radius 3 is 2.21 bits per heavy atom. The molecule has 0 radical (unpaired) electrons. The van der Waals surface area contributed by atoms with E-state index in [-0.39, 0.29) is 5.56 Å². The molecule has 106 valence electrons. The van der Waals surface area contributed by atoms with Crippen LogP contribution in [0.2, 0.25) is 0 Å². The third-order valence-electron chi connectivity index (χ3n) is 3.53. The van der Waals surface area contributed by atoms with E-state index in [4.69, 9.17) is 0 Å². The van der Waals surface area contributed by atoms with Crippen LogP contribution in [0.4, 0.5) is 22.0 Å². The Labute approximate surface area is 108 Å². The van der Waals surface area contributed by atoms with Crippen molar-refractivity contribution in [2.75, 3.05) is 20.1 Å². The number of likely N-dealkylation sites (tertiary alicyclic amines) is 1. The first kappa shape index (κ1) is 14.2. The van der Waals surface area contributed by atoms with Crippen molar-refractivity contribution in [3.05, 3.63) is 34.9 Å². The van der Waals surface area contributed by atoms with Crippen LogP contribution in [0, 0.1) is 11.6 Å². The molecule has 0 bridgehead atoms. The largest absolute Gasteiger partial charge is 0.419 e. The second-order valence-electron chi connectivity index (χ2n) is 4.93. The molecule has 0 atom stereocenters. The van der Waals surface area contributed by atoms with Crippen LogP contribution in [0.5, 0.6) is 0 Å². The zero-order valence-electron chi connectivity index (χ0n) is 10.4. The lowest BCUT2D eigenvalue weighted by atomic mass is 9.86. The van der Waals surface area contributed by atoms with E-state index in [1.54, 1.807) is 0 Å². The van der Waals surface area contributed by atoms with Gasteiger partial charge in [-0.2, -0.15) is 13.2 Å². The molecule has 0 spiro atoms. The number of hydrogen-bond acceptors (Lipinski definition) is 1. The van der Waals surface area contributed by atoms with Crippen molar-refractivity contribution in [3.63, 3.8) is 0 Å². The van der Waals surface area contributed by atoms with Crippen molar-refractivity contribution >= 4 is 0 Å². The van der Waals surface area contributed by atoms with Crippen molar-refractivity contribution in [3.8, 4) is 0 Å². The molecule has 6 heteroatoms. The molecular formula is C13H14F5N. The van der Waals surface area contributed by atoms with E-state index < -0.39 is 29.3 Å². The molecule has 0 amide bonds. The molecule has 1 aromatic rings. The van der Waals surface area contributed by atoms with Crippen LogP contribution >= 0.6 is 0 Å². The van der Waals surface area contributed by atoms with Gasteiger partial charge in [0.25, 0.3) is 0 Å². The molecule has 0 saturated carbocycles. The van der Waals surface area contributed by atoms with Gasteiger partial charge in [0.05, 0.1) is 5.56 Å². The average Bonchev–Trinajstić information content (AvgIpc) is 2.26. The van der Waals surface area contributed by atoms with E-state index in [1.807, 2.05) is 11.9 Å². The molecule has 0 aromatic heterocycles. The SMILES string of the molecule is CN1CCC(c2cc(F)cc(F)c2C(F)(F)F)CC1. The summed E-state index contributed by atoms with van der Waals surface area (Å²) in [5.41, 5.74) is -1.57. The van der Waals surface area contributed by atoms with Gasteiger partial charge < -0.3 is 4.90 Å². The maximum atomic E-state index is 13.5. The van der Waals surface area contributed by atoms with E-state index in [0.29, 0.717) is 32.0 Å². The summed E-state index contributed by atoms with van der Waals surface area (Å²) in [6.07, 6.45) is -3.85. The lowest BCUT2D eigenvalue weighted by molar-refractivity contribution is -0.141. The Balaban J connectivity index is 2.43. The minimum Gasteiger partial charge on any atom is -0.306 e. The van der Waals surface area contributed by atoms with Gasteiger partial charge in [-0.05, 0) is 50.5 Å². The minimum absolute atomic E-state index is 0.252. The second-order valence-corrected chi connectivity index (χ2v) is 4.93. The zero-order valence-corrected chi connectivity index (χ0v) is 10.4. The summed E-state index contributed by atoms with van der Waals surface area (Å²) in [5, 5.41) is 0. The molecule has 0 N–H and O–H groups in total. The van der Waals surface area contributed by atoms with Crippen LogP contribution in [-0.2, 0) is 6.18 Å². The fraction of sp³-hybridized carbons (Fsp3) is 0.538. The van der Waals surface area contributed by atoms with E-state index in [2.05, 4.69) is 0 Å². The van der Waals surface area contributed by atoms with Crippen molar-refractivity contribution in [2.24, 2.45) is 0 Å². The van der Waals surface area contributed by atoms with Crippen LogP contribution in [0.1, 0.15) is 29.9 Å². The number of benzene rings is 1. The van der Waals surface area contributed by atoms with Gasteiger partial charge in [0.1, 0.15) is 11.6 Å². The standard InChI is InChI=1S/C13H14F5N/c1-19-4-2-8(3-5-19)10-6-9(14)7-11(15)12(10)13(16,17)18/h6-8H,2-5H2,1H3. The molecule has 1 fully saturated rings. The highest BCUT2D eigenvalue weighted by atomic mass is 19.4. The molecule has 1 heterocycles. The van der Waals surface area contributed by atoms with Crippen LogP contribution < -0.4 is 0 Å². The van der Waals surface area contributed by atoms with Gasteiger partial charge in [-0.25, -0.2) is 8.78 Å². The number of nitrogens with zero attached hydrogens (tertiary/aromatic N) is 1. The van der Waals surface area contributed by atoms with Crippen LogP contribution in [0.25, 0.3) is 0 Å². The molecular weight excluding hydrogens is 265 g/mol. The highest BCUT2D eigenvalue weighted by molar-refractivity contribution is 5.35. The molecule has 2 rings (SSSR count). The highest BCUT2D eigenvalue weighted by Crippen LogP contribution is 2.40. The first-order valence-electron chi connectivity index (χ1n) is 6.03. The van der Waals surface area contributed by atoms with Gasteiger partial charge in [0, 0.05) is 6.07 Å². The Bertz CT molecular complexity index is 461. The van der Waals surface area contributed by atoms with Crippen molar-refractivity contribution in [2.45, 2.75) is 24.9 Å². The third-order valence-corrected chi connectivity index (χ3v) is 3.53. The fourth-order valence-electron chi connectivity index (χ4n) is 2.53. The van der Waals surface area contributed by atoms with Gasteiger partial charge in [-0.3, -0.25) is 0 Å². The highest BCUT2D eigenvalue weighted by Gasteiger charge is 2.39. The summed E-state index contributed by atoms with van der Waals surface area (Å²) in [6.45, 7) is 1.25. The fourth-order valence-corrected chi connectivity index (χ4v) is 2.53. The first-order chi connectivity index (χ1) is 8.79. The number of hydrogen-bond donors (Lipinski definition) is 0. The summed E-state index contributed by atoms with van der Waals surface area (Å²) < 4.78 is 65.4. The van der Waals surface area contributed by atoms with E-state index in [0.717, 1.165) is 6.07 Å². The molecule has 0 unspecified atom stereocenters. The molecule has 19 heavy (non-hydrogen) atoms. The van der Waals surface area contributed by atoms with Crippen molar-refractivity contribution in [1.29, 1.82) is 0 Å². The second kappa shape index (κ2) is 5.07. The summed E-state index contributed by atoms with van der Waals surface area (Å²) in [4.78, 5) is 1.99. The predicted octanol–water partition coefficient (Wildman–Crippen LogP) is 3.79. The molecule has 0 aliphatic carbocycles. The molecule has 1 aliphatic rings. The van der Waals surface area contributed by atoms with Crippen molar-refractivity contribution < 1.29 is 22.0 Å².